The quantitative estimate of drug-likeness (QED) is 0.535. The highest BCUT2D eigenvalue weighted by molar-refractivity contribution is 7.99. The molecule has 0 bridgehead atoms. The predicted octanol–water partition coefficient (Wildman–Crippen LogP) is 2.59. The first kappa shape index (κ1) is 14.7. The lowest BCUT2D eigenvalue weighted by molar-refractivity contribution is -0.384. The van der Waals surface area contributed by atoms with Crippen molar-refractivity contribution in [2.75, 3.05) is 0 Å². The summed E-state index contributed by atoms with van der Waals surface area (Å²) in [5.74, 6) is 0. The average Bonchev–Trinajstić information content (AvgIpc) is 3.04. The molecule has 112 valence electrons. The second kappa shape index (κ2) is 6.25. The first-order valence-electron chi connectivity index (χ1n) is 6.39. The molecule has 0 aliphatic rings. The van der Waals surface area contributed by atoms with Gasteiger partial charge in [-0.05, 0) is 40.4 Å². The maximum Gasteiger partial charge on any atom is 0.270 e. The van der Waals surface area contributed by atoms with E-state index in [0.29, 0.717) is 10.1 Å². The number of tetrazole rings is 1. The van der Waals surface area contributed by atoms with Crippen molar-refractivity contribution in [1.82, 2.24) is 20.2 Å². The first-order valence-corrected chi connectivity index (χ1v) is 7.21. The number of nitro groups is 1. The van der Waals surface area contributed by atoms with E-state index >= 15 is 0 Å². The van der Waals surface area contributed by atoms with Gasteiger partial charge in [-0.2, -0.15) is 9.94 Å². The number of hydrogen-bond donors (Lipinski definition) is 0. The average molecular weight is 324 g/mol. The minimum Gasteiger partial charge on any atom is -0.258 e. The van der Waals surface area contributed by atoms with Gasteiger partial charge in [0.2, 0.25) is 5.16 Å². The van der Waals surface area contributed by atoms with Crippen molar-refractivity contribution >= 4 is 17.4 Å². The second-order valence-electron chi connectivity index (χ2n) is 4.36. The molecule has 0 atom stereocenters. The van der Waals surface area contributed by atoms with Crippen LogP contribution >= 0.6 is 11.8 Å². The van der Waals surface area contributed by atoms with E-state index in [1.165, 1.54) is 34.6 Å². The molecule has 0 fully saturated rings. The number of non-ortho nitro benzene ring substituents is 1. The molecule has 3 aromatic rings. The molecule has 3 rings (SSSR count). The van der Waals surface area contributed by atoms with Gasteiger partial charge in [0.05, 0.1) is 16.2 Å². The predicted molar refractivity (Wildman–Crippen MR) is 81.1 cm³/mol. The van der Waals surface area contributed by atoms with Gasteiger partial charge in [0.15, 0.2) is 0 Å². The van der Waals surface area contributed by atoms with Crippen molar-refractivity contribution in [2.45, 2.75) is 10.1 Å². The highest BCUT2D eigenvalue weighted by atomic mass is 32.2. The van der Waals surface area contributed by atoms with Gasteiger partial charge in [0.1, 0.15) is 6.07 Å². The van der Waals surface area contributed by atoms with Crippen LogP contribution in [0.3, 0.4) is 0 Å². The molecule has 9 heteroatoms. The van der Waals surface area contributed by atoms with E-state index in [2.05, 4.69) is 15.5 Å². The monoisotopic (exact) mass is 324 g/mol. The highest BCUT2D eigenvalue weighted by Gasteiger charge is 2.15. The number of nitriles is 1. The molecular weight excluding hydrogens is 316 g/mol. The van der Waals surface area contributed by atoms with Crippen LogP contribution in [0.5, 0.6) is 0 Å². The summed E-state index contributed by atoms with van der Waals surface area (Å²) in [6.45, 7) is 0. The van der Waals surface area contributed by atoms with Crippen LogP contribution in [0.15, 0.2) is 58.6 Å². The molecule has 0 radical (unpaired) electrons. The van der Waals surface area contributed by atoms with Crippen LogP contribution in [0.4, 0.5) is 5.69 Å². The number of nitrogens with zero attached hydrogens (tertiary/aromatic N) is 6. The summed E-state index contributed by atoms with van der Waals surface area (Å²) < 4.78 is 1.53. The van der Waals surface area contributed by atoms with Crippen molar-refractivity contribution in [3.05, 3.63) is 64.2 Å². The number of aromatic nitrogens is 4. The molecule has 23 heavy (non-hydrogen) atoms. The van der Waals surface area contributed by atoms with E-state index < -0.39 is 4.92 Å². The highest BCUT2D eigenvalue weighted by Crippen LogP contribution is 2.31. The lowest BCUT2D eigenvalue weighted by Crippen LogP contribution is -1.98. The van der Waals surface area contributed by atoms with Crippen LogP contribution in [0, 0.1) is 21.4 Å². The zero-order valence-electron chi connectivity index (χ0n) is 11.5. The summed E-state index contributed by atoms with van der Waals surface area (Å²) in [7, 11) is 0. The maximum absolute atomic E-state index is 10.8. The fourth-order valence-electron chi connectivity index (χ4n) is 1.88. The normalized spacial score (nSPS) is 10.2. The zero-order chi connectivity index (χ0) is 16.2. The number of benzene rings is 2. The van der Waals surface area contributed by atoms with Crippen LogP contribution in [-0.4, -0.2) is 25.1 Å². The number of hydrogen-bond acceptors (Lipinski definition) is 7. The Morgan fingerprint density at radius 2 is 2.00 bits per heavy atom. The number of para-hydroxylation sites is 1. The number of rotatable bonds is 4. The Balaban J connectivity index is 1.97. The number of nitro benzene ring substituents is 1. The van der Waals surface area contributed by atoms with Gasteiger partial charge >= 0.3 is 0 Å². The summed E-state index contributed by atoms with van der Waals surface area (Å²) in [5.41, 5.74) is 0.848. The molecule has 0 unspecified atom stereocenters. The summed E-state index contributed by atoms with van der Waals surface area (Å²) in [6.07, 6.45) is 0. The van der Waals surface area contributed by atoms with Crippen molar-refractivity contribution < 1.29 is 4.92 Å². The molecule has 0 spiro atoms. The van der Waals surface area contributed by atoms with Crippen molar-refractivity contribution in [3.8, 4) is 11.8 Å². The molecule has 0 saturated carbocycles. The lowest BCUT2D eigenvalue weighted by Gasteiger charge is -2.05. The summed E-state index contributed by atoms with van der Waals surface area (Å²) in [4.78, 5) is 10.8. The van der Waals surface area contributed by atoms with Crippen LogP contribution in [0.1, 0.15) is 5.56 Å². The van der Waals surface area contributed by atoms with E-state index in [0.717, 1.165) is 5.69 Å². The van der Waals surface area contributed by atoms with Crippen molar-refractivity contribution in [3.63, 3.8) is 0 Å². The maximum atomic E-state index is 10.8. The Morgan fingerprint density at radius 1 is 1.22 bits per heavy atom. The summed E-state index contributed by atoms with van der Waals surface area (Å²) in [5, 5.41) is 32.0. The van der Waals surface area contributed by atoms with Gasteiger partial charge in [0.25, 0.3) is 5.69 Å². The minimum absolute atomic E-state index is 0.131. The van der Waals surface area contributed by atoms with Crippen LogP contribution in [-0.2, 0) is 0 Å². The van der Waals surface area contributed by atoms with Gasteiger partial charge in [-0.15, -0.1) is 5.10 Å². The minimum atomic E-state index is -0.538. The first-order chi connectivity index (χ1) is 11.2. The molecule has 1 heterocycles. The smallest absolute Gasteiger partial charge is 0.258 e. The summed E-state index contributed by atoms with van der Waals surface area (Å²) >= 11 is 1.17. The molecule has 2 aromatic carbocycles. The standard InChI is InChI=1S/C14H8N6O2S/c15-9-10-8-12(20(21)22)6-7-13(10)23-14-16-17-18-19(14)11-4-2-1-3-5-11/h1-8H. The van der Waals surface area contributed by atoms with Gasteiger partial charge in [-0.25, -0.2) is 0 Å². The Kier molecular flexibility index (Phi) is 3.99. The van der Waals surface area contributed by atoms with Gasteiger partial charge in [0, 0.05) is 17.0 Å². The fourth-order valence-corrected chi connectivity index (χ4v) is 2.73. The van der Waals surface area contributed by atoms with Gasteiger partial charge in [-0.3, -0.25) is 10.1 Å². The van der Waals surface area contributed by atoms with Gasteiger partial charge in [-0.1, -0.05) is 18.2 Å². The fraction of sp³-hybridized carbons (Fsp3) is 0. The topological polar surface area (TPSA) is 111 Å². The van der Waals surface area contributed by atoms with E-state index in [-0.39, 0.29) is 11.3 Å². The molecule has 0 aliphatic heterocycles. The van der Waals surface area contributed by atoms with Crippen LogP contribution in [0.25, 0.3) is 5.69 Å². The molecule has 0 amide bonds. The van der Waals surface area contributed by atoms with Crippen molar-refractivity contribution in [2.24, 2.45) is 0 Å². The van der Waals surface area contributed by atoms with Crippen LogP contribution in [0.2, 0.25) is 0 Å². The molecule has 1 aromatic heterocycles. The van der Waals surface area contributed by atoms with Crippen LogP contribution < -0.4 is 0 Å². The zero-order valence-corrected chi connectivity index (χ0v) is 12.3. The molecule has 8 nitrogen and oxygen atoms in total. The van der Waals surface area contributed by atoms with E-state index in [9.17, 15) is 15.4 Å². The SMILES string of the molecule is N#Cc1cc([N+](=O)[O-])ccc1Sc1nnnn1-c1ccccc1. The van der Waals surface area contributed by atoms with E-state index in [1.807, 2.05) is 36.4 Å². The van der Waals surface area contributed by atoms with Crippen molar-refractivity contribution in [1.29, 1.82) is 5.26 Å². The molecule has 0 saturated heterocycles. The summed E-state index contributed by atoms with van der Waals surface area (Å²) in [6, 6.07) is 15.4. The largest absolute Gasteiger partial charge is 0.270 e. The third-order valence-corrected chi connectivity index (χ3v) is 3.95. The second-order valence-corrected chi connectivity index (χ2v) is 5.37. The Hall–Kier alpha value is -3.25. The van der Waals surface area contributed by atoms with E-state index in [1.54, 1.807) is 0 Å². The third-order valence-electron chi connectivity index (χ3n) is 2.94. The van der Waals surface area contributed by atoms with E-state index in [4.69, 9.17) is 0 Å². The van der Waals surface area contributed by atoms with Gasteiger partial charge < -0.3 is 0 Å². The lowest BCUT2D eigenvalue weighted by atomic mass is 10.2. The Bertz CT molecular complexity index is 903. The molecular formula is C14H8N6O2S. The molecule has 0 N–H and O–H groups in total. The third kappa shape index (κ3) is 3.02. The Morgan fingerprint density at radius 3 is 2.70 bits per heavy atom. The molecule has 0 aliphatic carbocycles. The Labute approximate surface area is 134 Å².